The Morgan fingerprint density at radius 3 is 2.23 bits per heavy atom. The molecule has 0 aliphatic carbocycles. The number of Topliss-reactive ketones (excluding diaryl/α,β-unsaturated/α-hetero) is 1. The number of nitrogens with one attached hydrogen (secondary N) is 1. The Morgan fingerprint density at radius 1 is 1.14 bits per heavy atom. The fraction of sp³-hybridized carbons (Fsp3) is 0.438. The lowest BCUT2D eigenvalue weighted by Crippen LogP contribution is -2.45. The van der Waals surface area contributed by atoms with Crippen LogP contribution in [-0.2, 0) is 14.3 Å². The van der Waals surface area contributed by atoms with E-state index in [-0.39, 0.29) is 30.4 Å². The molecule has 6 heteroatoms. The first kappa shape index (κ1) is 18.2. The van der Waals surface area contributed by atoms with Crippen LogP contribution in [0.25, 0.3) is 0 Å². The number of esters is 1. The van der Waals surface area contributed by atoms with Gasteiger partial charge in [-0.2, -0.15) is 0 Å². The van der Waals surface area contributed by atoms with Crippen molar-refractivity contribution >= 4 is 29.3 Å². The largest absolute Gasteiger partial charge is 0.467 e. The quantitative estimate of drug-likeness (QED) is 0.618. The normalized spacial score (nSPS) is 11.9. The van der Waals surface area contributed by atoms with Gasteiger partial charge in [0.05, 0.1) is 7.11 Å². The molecular weight excluding hydrogens is 306 g/mol. The molecule has 1 atom stereocenters. The summed E-state index contributed by atoms with van der Waals surface area (Å²) in [5, 5.41) is 3.14. The number of carbonyl (C=O) groups excluding carboxylic acids is 3. The Bertz CT molecular complexity index is 540. The van der Waals surface area contributed by atoms with Gasteiger partial charge in [-0.25, -0.2) is 4.79 Å². The molecule has 1 rings (SSSR count). The zero-order valence-electron chi connectivity index (χ0n) is 12.9. The number of methoxy groups -OCH3 is 1. The van der Waals surface area contributed by atoms with Gasteiger partial charge in [0, 0.05) is 23.4 Å². The highest BCUT2D eigenvalue weighted by molar-refractivity contribution is 6.30. The molecule has 1 amide bonds. The Labute approximate surface area is 135 Å². The predicted molar refractivity (Wildman–Crippen MR) is 83.8 cm³/mol. The van der Waals surface area contributed by atoms with E-state index in [4.69, 9.17) is 11.6 Å². The average molecular weight is 326 g/mol. The summed E-state index contributed by atoms with van der Waals surface area (Å²) in [5.74, 6) is -1.09. The van der Waals surface area contributed by atoms with Crippen molar-refractivity contribution in [3.8, 4) is 0 Å². The number of hydrogen-bond acceptors (Lipinski definition) is 4. The average Bonchev–Trinajstić information content (AvgIpc) is 2.49. The van der Waals surface area contributed by atoms with Crippen molar-refractivity contribution < 1.29 is 19.1 Å². The summed E-state index contributed by atoms with van der Waals surface area (Å²) in [5.41, 5.74) is 0.505. The third-order valence-electron chi connectivity index (χ3n) is 3.18. The van der Waals surface area contributed by atoms with Gasteiger partial charge in [-0.15, -0.1) is 0 Å². The minimum atomic E-state index is -0.705. The molecule has 1 N–H and O–H groups in total. The molecule has 5 nitrogen and oxygen atoms in total. The van der Waals surface area contributed by atoms with E-state index in [1.165, 1.54) is 7.11 Å². The second-order valence-electron chi connectivity index (χ2n) is 5.24. The molecule has 1 aromatic carbocycles. The highest BCUT2D eigenvalue weighted by Crippen LogP contribution is 2.12. The number of ketones is 1. The number of ether oxygens (including phenoxy) is 1. The SMILES string of the molecule is COC(=O)C(NC(=O)CCC(=O)c1ccc(Cl)cc1)C(C)C. The van der Waals surface area contributed by atoms with Crippen molar-refractivity contribution in [2.75, 3.05) is 7.11 Å². The molecule has 0 saturated heterocycles. The van der Waals surface area contributed by atoms with E-state index in [0.29, 0.717) is 10.6 Å². The van der Waals surface area contributed by atoms with Crippen molar-refractivity contribution in [2.45, 2.75) is 32.7 Å². The maximum absolute atomic E-state index is 12.0. The van der Waals surface area contributed by atoms with Gasteiger partial charge in [-0.3, -0.25) is 9.59 Å². The van der Waals surface area contributed by atoms with E-state index in [2.05, 4.69) is 10.1 Å². The van der Waals surface area contributed by atoms with E-state index in [9.17, 15) is 14.4 Å². The van der Waals surface area contributed by atoms with Crippen LogP contribution in [0.2, 0.25) is 5.02 Å². The number of halogens is 1. The summed E-state index contributed by atoms with van der Waals surface area (Å²) in [6.45, 7) is 3.61. The zero-order valence-corrected chi connectivity index (χ0v) is 13.6. The van der Waals surface area contributed by atoms with Crippen LogP contribution in [0.4, 0.5) is 0 Å². The van der Waals surface area contributed by atoms with Crippen LogP contribution in [0.15, 0.2) is 24.3 Å². The van der Waals surface area contributed by atoms with Crippen LogP contribution >= 0.6 is 11.6 Å². The third-order valence-corrected chi connectivity index (χ3v) is 3.44. The molecule has 0 fully saturated rings. The summed E-state index contributed by atoms with van der Waals surface area (Å²) in [6.07, 6.45) is 0.0845. The lowest BCUT2D eigenvalue weighted by Gasteiger charge is -2.19. The number of carbonyl (C=O) groups is 3. The van der Waals surface area contributed by atoms with E-state index in [0.717, 1.165) is 0 Å². The van der Waals surface area contributed by atoms with Gasteiger partial charge in [0.15, 0.2) is 5.78 Å². The van der Waals surface area contributed by atoms with Crippen LogP contribution in [0, 0.1) is 5.92 Å². The first-order valence-electron chi connectivity index (χ1n) is 7.01. The summed E-state index contributed by atoms with van der Waals surface area (Å²) < 4.78 is 4.65. The fourth-order valence-electron chi connectivity index (χ4n) is 1.88. The topological polar surface area (TPSA) is 72.5 Å². The third kappa shape index (κ3) is 5.48. The van der Waals surface area contributed by atoms with Crippen molar-refractivity contribution in [3.05, 3.63) is 34.9 Å². The molecule has 120 valence electrons. The molecule has 0 aliphatic rings. The van der Waals surface area contributed by atoms with Gasteiger partial charge in [0.1, 0.15) is 6.04 Å². The first-order chi connectivity index (χ1) is 10.3. The molecule has 0 radical (unpaired) electrons. The predicted octanol–water partition coefficient (Wildman–Crippen LogP) is 2.62. The molecule has 0 heterocycles. The Kier molecular flexibility index (Phi) is 7.05. The molecule has 0 bridgehead atoms. The van der Waals surface area contributed by atoms with Gasteiger partial charge < -0.3 is 10.1 Å². The van der Waals surface area contributed by atoms with Crippen molar-refractivity contribution in [2.24, 2.45) is 5.92 Å². The maximum atomic E-state index is 12.0. The van der Waals surface area contributed by atoms with Gasteiger partial charge in [0.2, 0.25) is 5.91 Å². The second kappa shape index (κ2) is 8.54. The zero-order chi connectivity index (χ0) is 16.7. The van der Waals surface area contributed by atoms with Gasteiger partial charge in [-0.1, -0.05) is 25.4 Å². The number of benzene rings is 1. The fourth-order valence-corrected chi connectivity index (χ4v) is 2.00. The smallest absolute Gasteiger partial charge is 0.328 e. The summed E-state index contributed by atoms with van der Waals surface area (Å²) in [4.78, 5) is 35.4. The number of amides is 1. The van der Waals surface area contributed by atoms with E-state index in [1.54, 1.807) is 38.1 Å². The molecule has 1 unspecified atom stereocenters. The molecule has 22 heavy (non-hydrogen) atoms. The first-order valence-corrected chi connectivity index (χ1v) is 7.39. The number of hydrogen-bond donors (Lipinski definition) is 1. The lowest BCUT2D eigenvalue weighted by molar-refractivity contribution is -0.146. The Hall–Kier alpha value is -1.88. The summed E-state index contributed by atoms with van der Waals surface area (Å²) >= 11 is 5.75. The second-order valence-corrected chi connectivity index (χ2v) is 5.68. The highest BCUT2D eigenvalue weighted by atomic mass is 35.5. The van der Waals surface area contributed by atoms with Crippen LogP contribution in [0.1, 0.15) is 37.0 Å². The van der Waals surface area contributed by atoms with Gasteiger partial charge in [-0.05, 0) is 30.2 Å². The Balaban J connectivity index is 2.53. The van der Waals surface area contributed by atoms with E-state index < -0.39 is 12.0 Å². The van der Waals surface area contributed by atoms with Crippen LogP contribution in [-0.4, -0.2) is 30.8 Å². The van der Waals surface area contributed by atoms with E-state index in [1.807, 2.05) is 0 Å². The summed E-state index contributed by atoms with van der Waals surface area (Å²) in [6, 6.07) is 5.78. The van der Waals surface area contributed by atoms with E-state index >= 15 is 0 Å². The van der Waals surface area contributed by atoms with Crippen molar-refractivity contribution in [1.29, 1.82) is 0 Å². The van der Waals surface area contributed by atoms with Crippen LogP contribution < -0.4 is 5.32 Å². The monoisotopic (exact) mass is 325 g/mol. The molecule has 0 spiro atoms. The number of rotatable bonds is 7. The standard InChI is InChI=1S/C16H20ClNO4/c1-10(2)15(16(21)22-3)18-14(20)9-8-13(19)11-4-6-12(17)7-5-11/h4-7,10,15H,8-9H2,1-3H3,(H,18,20). The van der Waals surface area contributed by atoms with Crippen LogP contribution in [0.5, 0.6) is 0 Å². The van der Waals surface area contributed by atoms with Crippen LogP contribution in [0.3, 0.4) is 0 Å². The minimum Gasteiger partial charge on any atom is -0.467 e. The Morgan fingerprint density at radius 2 is 1.73 bits per heavy atom. The maximum Gasteiger partial charge on any atom is 0.328 e. The van der Waals surface area contributed by atoms with Gasteiger partial charge >= 0.3 is 5.97 Å². The molecule has 1 aromatic rings. The molecule has 0 aromatic heterocycles. The molecule has 0 saturated carbocycles. The highest BCUT2D eigenvalue weighted by Gasteiger charge is 2.24. The minimum absolute atomic E-state index is 0.0155. The van der Waals surface area contributed by atoms with Crippen molar-refractivity contribution in [3.63, 3.8) is 0 Å². The molecular formula is C16H20ClNO4. The lowest BCUT2D eigenvalue weighted by atomic mass is 10.0. The van der Waals surface area contributed by atoms with Crippen molar-refractivity contribution in [1.82, 2.24) is 5.32 Å². The molecule has 0 aliphatic heterocycles. The van der Waals surface area contributed by atoms with Gasteiger partial charge in [0.25, 0.3) is 0 Å². The summed E-state index contributed by atoms with van der Waals surface area (Å²) in [7, 11) is 1.27.